The maximum Gasteiger partial charge on any atom is 0.258 e. The first-order chi connectivity index (χ1) is 17.0. The molecule has 0 unspecified atom stereocenters. The summed E-state index contributed by atoms with van der Waals surface area (Å²) in [7, 11) is -3.00. The van der Waals surface area contributed by atoms with Crippen molar-refractivity contribution in [2.75, 3.05) is 16.8 Å². The number of carbonyl (C=O) groups excluding carboxylic acids is 1. The van der Waals surface area contributed by atoms with Gasteiger partial charge in [-0.1, -0.05) is 27.2 Å². The lowest BCUT2D eigenvalue weighted by atomic mass is 9.75. The Balaban J connectivity index is 0.00000200. The summed E-state index contributed by atoms with van der Waals surface area (Å²) in [6.45, 7) is 8.14. The Morgan fingerprint density at radius 1 is 1.17 bits per heavy atom. The fourth-order valence-electron chi connectivity index (χ4n) is 5.70. The highest BCUT2D eigenvalue weighted by atomic mass is 32.2. The van der Waals surface area contributed by atoms with Crippen LogP contribution >= 0.6 is 0 Å². The molecule has 1 fully saturated rings. The molecule has 0 bridgehead atoms. The summed E-state index contributed by atoms with van der Waals surface area (Å²) in [5, 5.41) is 9.62. The van der Waals surface area contributed by atoms with Gasteiger partial charge in [-0.3, -0.25) is 9.59 Å². The minimum atomic E-state index is -3.00. The summed E-state index contributed by atoms with van der Waals surface area (Å²) in [5.41, 5.74) is 4.33. The molecule has 1 aromatic carbocycles. The molecule has 2 N–H and O–H groups in total. The number of sulfone groups is 1. The van der Waals surface area contributed by atoms with Gasteiger partial charge in [0.05, 0.1) is 39.5 Å². The zero-order valence-electron chi connectivity index (χ0n) is 21.4. The number of nitrogens with zero attached hydrogens (tertiary/aromatic N) is 2. The normalized spacial score (nSPS) is 19.4. The first kappa shape index (κ1) is 24.7. The van der Waals surface area contributed by atoms with Crippen LogP contribution in [0.25, 0.3) is 16.5 Å². The number of ketones is 1. The number of benzene rings is 1. The highest BCUT2D eigenvalue weighted by Gasteiger charge is 2.36. The number of hydrogen-bond donors (Lipinski definition) is 2. The Kier molecular flexibility index (Phi) is 6.09. The highest BCUT2D eigenvalue weighted by Crippen LogP contribution is 2.38. The van der Waals surface area contributed by atoms with Crippen LogP contribution in [0.3, 0.4) is 0 Å². The van der Waals surface area contributed by atoms with Gasteiger partial charge < -0.3 is 10.3 Å². The first-order valence-corrected chi connectivity index (χ1v) is 14.6. The van der Waals surface area contributed by atoms with Gasteiger partial charge in [0, 0.05) is 26.7 Å². The number of anilines is 1. The van der Waals surface area contributed by atoms with Crippen molar-refractivity contribution in [2.24, 2.45) is 5.41 Å². The summed E-state index contributed by atoms with van der Waals surface area (Å²) in [6.07, 6.45) is 3.89. The SMILES string of the molecule is CCCc1cc2cc(-n3nc(C)c4c3CC(C)(C)CC4=O)cc(NC3CCS(=O)(=O)CC3)c2c(=O)[nH]1.[HH].[HH]. The number of nitrogens with one attached hydrogen (secondary N) is 2. The second-order valence-electron chi connectivity index (χ2n) is 11.2. The van der Waals surface area contributed by atoms with Gasteiger partial charge in [0.15, 0.2) is 5.78 Å². The van der Waals surface area contributed by atoms with Crippen LogP contribution in [0.4, 0.5) is 5.69 Å². The van der Waals surface area contributed by atoms with Crippen molar-refractivity contribution < 1.29 is 16.1 Å². The van der Waals surface area contributed by atoms with Gasteiger partial charge >= 0.3 is 0 Å². The fourth-order valence-corrected chi connectivity index (χ4v) is 7.19. The third-order valence-electron chi connectivity index (χ3n) is 7.38. The average Bonchev–Trinajstić information content (AvgIpc) is 3.10. The molecule has 2 aliphatic rings. The molecule has 8 nitrogen and oxygen atoms in total. The van der Waals surface area contributed by atoms with Crippen LogP contribution < -0.4 is 10.9 Å². The molecule has 0 saturated carbocycles. The largest absolute Gasteiger partial charge is 0.382 e. The maximum absolute atomic E-state index is 13.2. The van der Waals surface area contributed by atoms with E-state index in [-0.39, 0.29) is 37.2 Å². The number of aryl methyl sites for hydroxylation is 2. The van der Waals surface area contributed by atoms with Gasteiger partial charge in [-0.05, 0) is 61.6 Å². The zero-order chi connectivity index (χ0) is 25.8. The van der Waals surface area contributed by atoms with E-state index in [2.05, 4.69) is 31.1 Å². The summed E-state index contributed by atoms with van der Waals surface area (Å²) < 4.78 is 25.8. The summed E-state index contributed by atoms with van der Waals surface area (Å²) in [4.78, 5) is 29.2. The van der Waals surface area contributed by atoms with Gasteiger partial charge in [0.2, 0.25) is 0 Å². The van der Waals surface area contributed by atoms with Crippen LogP contribution in [0.15, 0.2) is 23.0 Å². The number of pyridine rings is 1. The number of aromatic amines is 1. The molecular weight excluding hydrogens is 476 g/mol. The van der Waals surface area contributed by atoms with Gasteiger partial charge in [0.1, 0.15) is 9.84 Å². The Bertz CT molecular complexity index is 1530. The average molecular weight is 515 g/mol. The van der Waals surface area contributed by atoms with Crippen molar-refractivity contribution >= 4 is 32.1 Å². The van der Waals surface area contributed by atoms with E-state index in [4.69, 9.17) is 5.10 Å². The van der Waals surface area contributed by atoms with Crippen molar-refractivity contribution in [1.29, 1.82) is 0 Å². The number of carbonyl (C=O) groups is 1. The molecule has 1 aliphatic heterocycles. The monoisotopic (exact) mass is 514 g/mol. The molecule has 196 valence electrons. The van der Waals surface area contributed by atoms with E-state index in [1.54, 1.807) is 0 Å². The number of aromatic nitrogens is 3. The molecule has 0 radical (unpaired) electrons. The van der Waals surface area contributed by atoms with E-state index in [0.29, 0.717) is 35.9 Å². The molecule has 36 heavy (non-hydrogen) atoms. The molecule has 0 amide bonds. The number of fused-ring (bicyclic) bond motifs is 2. The summed E-state index contributed by atoms with van der Waals surface area (Å²) in [5.74, 6) is 0.402. The van der Waals surface area contributed by atoms with Crippen molar-refractivity contribution in [3.05, 3.63) is 51.2 Å². The Hall–Kier alpha value is -2.94. The van der Waals surface area contributed by atoms with Gasteiger partial charge in [0.25, 0.3) is 5.56 Å². The van der Waals surface area contributed by atoms with Crippen LogP contribution in [-0.2, 0) is 22.7 Å². The number of Topliss-reactive ketones (excluding diaryl/α,β-unsaturated/α-hetero) is 1. The topological polar surface area (TPSA) is 114 Å². The lowest BCUT2D eigenvalue weighted by molar-refractivity contribution is 0.0910. The third-order valence-corrected chi connectivity index (χ3v) is 9.10. The summed E-state index contributed by atoms with van der Waals surface area (Å²) >= 11 is 0. The Labute approximate surface area is 214 Å². The predicted molar refractivity (Wildman–Crippen MR) is 146 cm³/mol. The molecule has 0 spiro atoms. The van der Waals surface area contributed by atoms with Crippen LogP contribution in [0.5, 0.6) is 0 Å². The van der Waals surface area contributed by atoms with E-state index >= 15 is 0 Å². The third kappa shape index (κ3) is 4.61. The van der Waals surface area contributed by atoms with Crippen molar-refractivity contribution in [3.63, 3.8) is 0 Å². The molecule has 2 aromatic heterocycles. The quantitative estimate of drug-likeness (QED) is 0.514. The lowest BCUT2D eigenvalue weighted by Crippen LogP contribution is -2.32. The molecule has 3 heterocycles. The number of rotatable bonds is 5. The van der Waals surface area contributed by atoms with Crippen LogP contribution in [-0.4, -0.2) is 46.5 Å². The van der Waals surface area contributed by atoms with E-state index < -0.39 is 9.84 Å². The van der Waals surface area contributed by atoms with Gasteiger partial charge in [-0.25, -0.2) is 13.1 Å². The van der Waals surface area contributed by atoms with Crippen LogP contribution in [0.2, 0.25) is 0 Å². The van der Waals surface area contributed by atoms with E-state index in [1.165, 1.54) is 0 Å². The minimum absolute atomic E-state index is 0. The molecule has 3 aromatic rings. The fraction of sp³-hybridized carbons (Fsp3) is 0.519. The molecule has 1 aliphatic carbocycles. The predicted octanol–water partition coefficient (Wildman–Crippen LogP) is 4.61. The van der Waals surface area contributed by atoms with Crippen molar-refractivity contribution in [3.8, 4) is 5.69 Å². The number of hydrogen-bond acceptors (Lipinski definition) is 6. The van der Waals surface area contributed by atoms with Crippen LogP contribution in [0.1, 0.15) is 76.7 Å². The second-order valence-corrected chi connectivity index (χ2v) is 13.5. The lowest BCUT2D eigenvalue weighted by Gasteiger charge is -2.29. The molecule has 0 atom stereocenters. The second kappa shape index (κ2) is 8.87. The zero-order valence-corrected chi connectivity index (χ0v) is 22.2. The maximum atomic E-state index is 13.2. The highest BCUT2D eigenvalue weighted by molar-refractivity contribution is 7.91. The Morgan fingerprint density at radius 3 is 2.58 bits per heavy atom. The van der Waals surface area contributed by atoms with E-state index in [0.717, 1.165) is 47.4 Å². The minimum Gasteiger partial charge on any atom is -0.382 e. The van der Waals surface area contributed by atoms with Crippen LogP contribution in [0, 0.1) is 12.3 Å². The molecule has 9 heteroatoms. The van der Waals surface area contributed by atoms with Gasteiger partial charge in [-0.15, -0.1) is 0 Å². The standard InChI is InChI=1S/C27H34N4O4S.2H2/c1-5-6-19-11-17-12-20(31-22-14-27(3,4)15-23(32)24(22)16(2)30-31)13-21(25(17)26(33)29-19)28-18-7-9-36(34,35)10-8-18;;/h11-13,18,28H,5-10,14-15H2,1-4H3,(H,29,33);2*1H. The van der Waals surface area contributed by atoms with Crippen molar-refractivity contribution in [1.82, 2.24) is 14.8 Å². The summed E-state index contributed by atoms with van der Waals surface area (Å²) in [6, 6.07) is 5.85. The number of H-pyrrole nitrogens is 1. The molecular formula is C27H38N4O4S. The van der Waals surface area contributed by atoms with Crippen molar-refractivity contribution in [2.45, 2.75) is 72.3 Å². The molecule has 1 saturated heterocycles. The Morgan fingerprint density at radius 2 is 1.89 bits per heavy atom. The van der Waals surface area contributed by atoms with Gasteiger partial charge in [-0.2, -0.15) is 5.10 Å². The first-order valence-electron chi connectivity index (χ1n) is 12.8. The van der Waals surface area contributed by atoms with E-state index in [1.807, 2.05) is 29.8 Å². The molecule has 5 rings (SSSR count). The smallest absolute Gasteiger partial charge is 0.258 e. The van der Waals surface area contributed by atoms with E-state index in [9.17, 15) is 18.0 Å².